The maximum absolute atomic E-state index is 11.6. The third kappa shape index (κ3) is 6.40. The van der Waals surface area contributed by atoms with Gasteiger partial charge in [-0.3, -0.25) is 0 Å². The maximum atomic E-state index is 11.6. The van der Waals surface area contributed by atoms with Gasteiger partial charge < -0.3 is 14.2 Å². The first-order valence-electron chi connectivity index (χ1n) is 9.62. The Hall–Kier alpha value is -2.18. The summed E-state index contributed by atoms with van der Waals surface area (Å²) in [7, 11) is -3.16. The Morgan fingerprint density at radius 2 is 1.77 bits per heavy atom. The van der Waals surface area contributed by atoms with Crippen molar-refractivity contribution < 1.29 is 22.6 Å². The van der Waals surface area contributed by atoms with Gasteiger partial charge in [-0.05, 0) is 37.1 Å². The lowest BCUT2D eigenvalue weighted by molar-refractivity contribution is 0.135. The summed E-state index contributed by atoms with van der Waals surface area (Å²) < 4.78 is 41.9. The SMILES string of the molecule is CS(=O)(=O)N1CCC(Oc2ccc(Oc3cc(Cl)c(OCCCl)c(C#N)c3)cc2)CC1. The quantitative estimate of drug-likeness (QED) is 0.515. The Morgan fingerprint density at radius 1 is 1.13 bits per heavy atom. The van der Waals surface area contributed by atoms with E-state index < -0.39 is 10.0 Å². The van der Waals surface area contributed by atoms with Crippen molar-refractivity contribution in [3.8, 4) is 29.1 Å². The van der Waals surface area contributed by atoms with Gasteiger partial charge in [-0.2, -0.15) is 5.26 Å². The second-order valence-corrected chi connectivity index (χ2v) is 9.75. The van der Waals surface area contributed by atoms with Crippen molar-refractivity contribution in [3.63, 3.8) is 0 Å². The predicted octanol–water partition coefficient (Wildman–Crippen LogP) is 4.42. The van der Waals surface area contributed by atoms with Gasteiger partial charge in [0.1, 0.15) is 36.0 Å². The van der Waals surface area contributed by atoms with Gasteiger partial charge in [0.2, 0.25) is 10.0 Å². The number of nitrogens with zero attached hydrogens (tertiary/aromatic N) is 2. The van der Waals surface area contributed by atoms with Gasteiger partial charge in [-0.25, -0.2) is 12.7 Å². The van der Waals surface area contributed by atoms with Crippen molar-refractivity contribution in [2.24, 2.45) is 0 Å². The zero-order valence-corrected chi connectivity index (χ0v) is 19.2. The summed E-state index contributed by atoms with van der Waals surface area (Å²) in [4.78, 5) is 0. The van der Waals surface area contributed by atoms with E-state index in [1.54, 1.807) is 36.4 Å². The minimum Gasteiger partial charge on any atom is -0.490 e. The van der Waals surface area contributed by atoms with Crippen molar-refractivity contribution in [1.82, 2.24) is 4.31 Å². The number of hydrogen-bond donors (Lipinski definition) is 0. The van der Waals surface area contributed by atoms with Gasteiger partial charge in [0, 0.05) is 25.2 Å². The number of nitriles is 1. The molecule has 7 nitrogen and oxygen atoms in total. The maximum Gasteiger partial charge on any atom is 0.211 e. The summed E-state index contributed by atoms with van der Waals surface area (Å²) in [5.41, 5.74) is 0.257. The number of sulfonamides is 1. The number of benzene rings is 2. The lowest BCUT2D eigenvalue weighted by Gasteiger charge is -2.30. The molecular formula is C21H22Cl2N2O5S. The molecule has 0 N–H and O–H groups in total. The van der Waals surface area contributed by atoms with Crippen LogP contribution in [0, 0.1) is 11.3 Å². The third-order valence-electron chi connectivity index (χ3n) is 4.69. The van der Waals surface area contributed by atoms with Crippen molar-refractivity contribution in [1.29, 1.82) is 5.26 Å². The molecule has 0 amide bonds. The summed E-state index contributed by atoms with van der Waals surface area (Å²) in [5, 5.41) is 9.62. The minimum absolute atomic E-state index is 0.0395. The van der Waals surface area contributed by atoms with Crippen LogP contribution in [0.3, 0.4) is 0 Å². The molecule has 1 aliphatic heterocycles. The summed E-state index contributed by atoms with van der Waals surface area (Å²) in [6.07, 6.45) is 2.46. The van der Waals surface area contributed by atoms with E-state index in [2.05, 4.69) is 0 Å². The molecule has 0 aliphatic carbocycles. The standard InChI is InChI=1S/C21H22Cl2N2O5S/c1-31(26,27)25-9-6-18(7-10-25)29-16-2-4-17(5-3-16)30-19-12-15(14-24)21(20(23)13-19)28-11-8-22/h2-5,12-13,18H,6-11H2,1H3. The number of halogens is 2. The fourth-order valence-electron chi connectivity index (χ4n) is 3.19. The highest BCUT2D eigenvalue weighted by Gasteiger charge is 2.25. The Balaban J connectivity index is 1.61. The molecule has 0 bridgehead atoms. The van der Waals surface area contributed by atoms with Crippen LogP contribution >= 0.6 is 23.2 Å². The van der Waals surface area contributed by atoms with Crippen molar-refractivity contribution >= 4 is 33.2 Å². The van der Waals surface area contributed by atoms with Crippen LogP contribution in [0.2, 0.25) is 5.02 Å². The molecule has 1 fully saturated rings. The molecule has 0 atom stereocenters. The smallest absolute Gasteiger partial charge is 0.211 e. The molecule has 2 aromatic rings. The minimum atomic E-state index is -3.16. The van der Waals surface area contributed by atoms with Crippen LogP contribution in [0.1, 0.15) is 18.4 Å². The molecule has 166 valence electrons. The molecular weight excluding hydrogens is 463 g/mol. The monoisotopic (exact) mass is 484 g/mol. The second kappa shape index (κ2) is 10.4. The van der Waals surface area contributed by atoms with E-state index in [4.69, 9.17) is 37.4 Å². The van der Waals surface area contributed by atoms with Crippen LogP contribution in [0.4, 0.5) is 0 Å². The van der Waals surface area contributed by atoms with E-state index in [9.17, 15) is 13.7 Å². The molecule has 2 aromatic carbocycles. The van der Waals surface area contributed by atoms with E-state index in [0.29, 0.717) is 43.2 Å². The lowest BCUT2D eigenvalue weighted by atomic mass is 10.1. The van der Waals surface area contributed by atoms with Crippen LogP contribution in [0.5, 0.6) is 23.0 Å². The summed E-state index contributed by atoms with van der Waals surface area (Å²) in [5.74, 6) is 2.19. The highest BCUT2D eigenvalue weighted by atomic mass is 35.5. The van der Waals surface area contributed by atoms with E-state index in [-0.39, 0.29) is 34.9 Å². The van der Waals surface area contributed by atoms with Gasteiger partial charge in [0.05, 0.1) is 22.7 Å². The first-order valence-corrected chi connectivity index (χ1v) is 12.4. The lowest BCUT2D eigenvalue weighted by Crippen LogP contribution is -2.41. The van der Waals surface area contributed by atoms with Crippen molar-refractivity contribution in [2.75, 3.05) is 31.8 Å². The molecule has 31 heavy (non-hydrogen) atoms. The number of piperidine rings is 1. The second-order valence-electron chi connectivity index (χ2n) is 6.98. The molecule has 0 unspecified atom stereocenters. The molecule has 1 aliphatic rings. The number of alkyl halides is 1. The largest absolute Gasteiger partial charge is 0.490 e. The van der Waals surface area contributed by atoms with E-state index in [1.165, 1.54) is 10.6 Å². The zero-order valence-electron chi connectivity index (χ0n) is 16.9. The first-order chi connectivity index (χ1) is 14.8. The normalized spacial score (nSPS) is 15.3. The van der Waals surface area contributed by atoms with Crippen LogP contribution in [0.25, 0.3) is 0 Å². The van der Waals surface area contributed by atoms with E-state index >= 15 is 0 Å². The van der Waals surface area contributed by atoms with Crippen LogP contribution in [-0.2, 0) is 10.0 Å². The summed E-state index contributed by atoms with van der Waals surface area (Å²) >= 11 is 11.9. The van der Waals surface area contributed by atoms with Crippen molar-refractivity contribution in [3.05, 3.63) is 47.0 Å². The highest BCUT2D eigenvalue weighted by Crippen LogP contribution is 2.35. The molecule has 0 radical (unpaired) electrons. The average molecular weight is 485 g/mol. The third-order valence-corrected chi connectivity index (χ3v) is 6.43. The summed E-state index contributed by atoms with van der Waals surface area (Å²) in [6, 6.07) is 12.2. The molecule has 0 aromatic heterocycles. The fourth-order valence-corrected chi connectivity index (χ4v) is 4.41. The van der Waals surface area contributed by atoms with Crippen LogP contribution in [0.15, 0.2) is 36.4 Å². The van der Waals surface area contributed by atoms with Crippen LogP contribution in [-0.4, -0.2) is 50.7 Å². The van der Waals surface area contributed by atoms with E-state index in [1.807, 2.05) is 6.07 Å². The van der Waals surface area contributed by atoms with E-state index in [0.717, 1.165) is 0 Å². The van der Waals surface area contributed by atoms with Crippen molar-refractivity contribution in [2.45, 2.75) is 18.9 Å². The summed E-state index contributed by atoms with van der Waals surface area (Å²) in [6.45, 7) is 1.15. The first kappa shape index (κ1) is 23.5. The average Bonchev–Trinajstić information content (AvgIpc) is 2.74. The molecule has 3 rings (SSSR count). The highest BCUT2D eigenvalue weighted by molar-refractivity contribution is 7.88. The topological polar surface area (TPSA) is 88.9 Å². The van der Waals surface area contributed by atoms with Crippen LogP contribution < -0.4 is 14.2 Å². The Kier molecular flexibility index (Phi) is 7.89. The zero-order chi connectivity index (χ0) is 22.4. The van der Waals surface area contributed by atoms with Gasteiger partial charge in [-0.15, -0.1) is 11.6 Å². The number of ether oxygens (including phenoxy) is 3. The molecule has 1 saturated heterocycles. The number of rotatable bonds is 8. The Bertz CT molecular complexity index is 1050. The molecule has 0 saturated carbocycles. The van der Waals surface area contributed by atoms with Gasteiger partial charge in [-0.1, -0.05) is 11.6 Å². The van der Waals surface area contributed by atoms with Gasteiger partial charge >= 0.3 is 0 Å². The Morgan fingerprint density at radius 3 is 2.35 bits per heavy atom. The molecule has 1 heterocycles. The Labute approximate surface area is 192 Å². The molecule has 0 spiro atoms. The van der Waals surface area contributed by atoms with Gasteiger partial charge in [0.25, 0.3) is 0 Å². The predicted molar refractivity (Wildman–Crippen MR) is 119 cm³/mol. The van der Waals surface area contributed by atoms with Gasteiger partial charge in [0.15, 0.2) is 5.75 Å². The fraction of sp³-hybridized carbons (Fsp3) is 0.381. The number of hydrogen-bond acceptors (Lipinski definition) is 6. The molecule has 10 heteroatoms.